The zero-order valence-electron chi connectivity index (χ0n) is 8.30. The zero-order valence-corrected chi connectivity index (χ0v) is 8.30. The summed E-state index contributed by atoms with van der Waals surface area (Å²) in [5, 5.41) is 8.62. The molecule has 0 aliphatic carbocycles. The molecule has 0 N–H and O–H groups in total. The Balaban J connectivity index is 2.08. The van der Waals surface area contributed by atoms with Gasteiger partial charge in [-0.25, -0.2) is 4.79 Å². The molecule has 0 amide bonds. The molecule has 1 heterocycles. The molecule has 1 aliphatic heterocycles. The van der Waals surface area contributed by atoms with Gasteiger partial charge in [0, 0.05) is 5.69 Å². The molecular formula is C11H10N2O2. The average molecular weight is 202 g/mol. The number of ether oxygens (including phenoxy) is 1. The molecule has 0 saturated carbocycles. The molecule has 1 unspecified atom stereocenters. The van der Waals surface area contributed by atoms with Crippen LogP contribution in [-0.4, -0.2) is 25.7 Å². The average Bonchev–Trinajstić information content (AvgIpc) is 3.08. The van der Waals surface area contributed by atoms with Gasteiger partial charge < -0.3 is 9.64 Å². The maximum absolute atomic E-state index is 11.2. The van der Waals surface area contributed by atoms with Gasteiger partial charge >= 0.3 is 5.97 Å². The Morgan fingerprint density at radius 1 is 1.53 bits per heavy atom. The topological polar surface area (TPSA) is 53.1 Å². The van der Waals surface area contributed by atoms with Crippen LogP contribution in [0.25, 0.3) is 0 Å². The summed E-state index contributed by atoms with van der Waals surface area (Å²) < 4.78 is 4.64. The van der Waals surface area contributed by atoms with E-state index in [1.165, 1.54) is 7.11 Å². The lowest BCUT2D eigenvalue weighted by atomic mass is 10.2. The number of benzene rings is 1. The van der Waals surface area contributed by atoms with Crippen LogP contribution in [0.5, 0.6) is 0 Å². The highest BCUT2D eigenvalue weighted by molar-refractivity contribution is 5.86. The lowest BCUT2D eigenvalue weighted by Gasteiger charge is -2.03. The van der Waals surface area contributed by atoms with Gasteiger partial charge in [-0.05, 0) is 24.3 Å². The van der Waals surface area contributed by atoms with Crippen LogP contribution in [0, 0.1) is 11.3 Å². The van der Waals surface area contributed by atoms with E-state index in [1.807, 2.05) is 23.1 Å². The van der Waals surface area contributed by atoms with Crippen molar-refractivity contribution in [2.24, 2.45) is 0 Å². The van der Waals surface area contributed by atoms with Gasteiger partial charge in [0.25, 0.3) is 0 Å². The fraction of sp³-hybridized carbons (Fsp3) is 0.273. The number of anilines is 1. The summed E-state index contributed by atoms with van der Waals surface area (Å²) in [5.74, 6) is -0.209. The molecule has 0 spiro atoms. The van der Waals surface area contributed by atoms with E-state index in [0.717, 1.165) is 5.69 Å². The zero-order chi connectivity index (χ0) is 10.8. The van der Waals surface area contributed by atoms with Gasteiger partial charge in [0.05, 0.1) is 25.3 Å². The third-order valence-electron chi connectivity index (χ3n) is 2.41. The number of methoxy groups -OCH3 is 1. The van der Waals surface area contributed by atoms with Crippen LogP contribution in [0.1, 0.15) is 5.56 Å². The van der Waals surface area contributed by atoms with Crippen molar-refractivity contribution in [3.8, 4) is 6.07 Å². The number of hydrogen-bond donors (Lipinski definition) is 0. The van der Waals surface area contributed by atoms with Crippen LogP contribution in [-0.2, 0) is 9.53 Å². The Morgan fingerprint density at radius 3 is 2.73 bits per heavy atom. The monoisotopic (exact) mass is 202 g/mol. The van der Waals surface area contributed by atoms with Gasteiger partial charge in [-0.15, -0.1) is 0 Å². The fourth-order valence-corrected chi connectivity index (χ4v) is 1.49. The maximum Gasteiger partial charge on any atom is 0.330 e. The molecule has 1 aliphatic rings. The van der Waals surface area contributed by atoms with Crippen molar-refractivity contribution in [3.05, 3.63) is 29.8 Å². The van der Waals surface area contributed by atoms with Crippen molar-refractivity contribution >= 4 is 11.7 Å². The summed E-state index contributed by atoms with van der Waals surface area (Å²) in [6.07, 6.45) is 0. The second kappa shape index (κ2) is 3.62. The first-order valence-electron chi connectivity index (χ1n) is 4.61. The molecule has 0 aromatic heterocycles. The van der Waals surface area contributed by atoms with Crippen molar-refractivity contribution in [3.63, 3.8) is 0 Å². The van der Waals surface area contributed by atoms with Gasteiger partial charge in [0.1, 0.15) is 6.04 Å². The van der Waals surface area contributed by atoms with Gasteiger partial charge in [0.2, 0.25) is 0 Å². The van der Waals surface area contributed by atoms with E-state index < -0.39 is 0 Å². The molecule has 4 heteroatoms. The Hall–Kier alpha value is -2.02. The number of esters is 1. The molecule has 1 saturated heterocycles. The summed E-state index contributed by atoms with van der Waals surface area (Å²) in [4.78, 5) is 13.1. The van der Waals surface area contributed by atoms with E-state index in [1.54, 1.807) is 12.1 Å². The molecule has 1 aromatic carbocycles. The van der Waals surface area contributed by atoms with Crippen molar-refractivity contribution in [2.75, 3.05) is 18.6 Å². The van der Waals surface area contributed by atoms with Crippen LogP contribution < -0.4 is 4.90 Å². The lowest BCUT2D eigenvalue weighted by molar-refractivity contribution is -0.139. The third kappa shape index (κ3) is 1.77. The molecular weight excluding hydrogens is 192 g/mol. The first kappa shape index (κ1) is 9.53. The fourth-order valence-electron chi connectivity index (χ4n) is 1.49. The van der Waals surface area contributed by atoms with Crippen molar-refractivity contribution in [1.29, 1.82) is 5.26 Å². The van der Waals surface area contributed by atoms with E-state index in [4.69, 9.17) is 5.26 Å². The molecule has 1 aromatic rings. The lowest BCUT2D eigenvalue weighted by Crippen LogP contribution is -2.13. The van der Waals surface area contributed by atoms with E-state index >= 15 is 0 Å². The number of rotatable bonds is 2. The van der Waals surface area contributed by atoms with Crippen LogP contribution in [0.15, 0.2) is 24.3 Å². The third-order valence-corrected chi connectivity index (χ3v) is 2.41. The smallest absolute Gasteiger partial charge is 0.330 e. The molecule has 4 nitrogen and oxygen atoms in total. The molecule has 0 radical (unpaired) electrons. The maximum atomic E-state index is 11.2. The first-order chi connectivity index (χ1) is 7.26. The van der Waals surface area contributed by atoms with Crippen molar-refractivity contribution < 1.29 is 9.53 Å². The SMILES string of the molecule is COC(=O)C1CN1c1ccc(C#N)cc1. The first-order valence-corrected chi connectivity index (χ1v) is 4.61. The molecule has 15 heavy (non-hydrogen) atoms. The number of nitrogens with zero attached hydrogens (tertiary/aromatic N) is 2. The second-order valence-corrected chi connectivity index (χ2v) is 3.35. The number of hydrogen-bond acceptors (Lipinski definition) is 4. The van der Waals surface area contributed by atoms with E-state index in [0.29, 0.717) is 12.1 Å². The standard InChI is InChI=1S/C11H10N2O2/c1-15-11(14)10-7-13(10)9-4-2-8(6-12)3-5-9/h2-5,10H,7H2,1H3. The summed E-state index contributed by atoms with van der Waals surface area (Å²) in [5.41, 5.74) is 1.57. The number of carbonyl (C=O) groups is 1. The van der Waals surface area contributed by atoms with Crippen LogP contribution in [0.2, 0.25) is 0 Å². The van der Waals surface area contributed by atoms with Gasteiger partial charge in [0.15, 0.2) is 0 Å². The summed E-state index contributed by atoms with van der Waals surface area (Å²) >= 11 is 0. The van der Waals surface area contributed by atoms with Crippen LogP contribution in [0.3, 0.4) is 0 Å². The van der Waals surface area contributed by atoms with Crippen LogP contribution >= 0.6 is 0 Å². The second-order valence-electron chi connectivity index (χ2n) is 3.35. The van der Waals surface area contributed by atoms with Crippen LogP contribution in [0.4, 0.5) is 5.69 Å². The largest absolute Gasteiger partial charge is 0.467 e. The minimum atomic E-state index is -0.209. The van der Waals surface area contributed by atoms with Crippen molar-refractivity contribution in [2.45, 2.75) is 6.04 Å². The molecule has 1 fully saturated rings. The summed E-state index contributed by atoms with van der Waals surface area (Å²) in [6, 6.07) is 9.04. The van der Waals surface area contributed by atoms with Gasteiger partial charge in [-0.3, -0.25) is 0 Å². The predicted molar refractivity (Wildman–Crippen MR) is 54.3 cm³/mol. The van der Waals surface area contributed by atoms with E-state index in [-0.39, 0.29) is 12.0 Å². The Morgan fingerprint density at radius 2 is 2.20 bits per heavy atom. The quantitative estimate of drug-likeness (QED) is 0.528. The Bertz CT molecular complexity index is 419. The normalized spacial score (nSPS) is 18.1. The number of nitriles is 1. The minimum Gasteiger partial charge on any atom is -0.467 e. The minimum absolute atomic E-state index is 0.150. The molecule has 2 rings (SSSR count). The molecule has 1 atom stereocenters. The van der Waals surface area contributed by atoms with E-state index in [2.05, 4.69) is 4.74 Å². The van der Waals surface area contributed by atoms with E-state index in [9.17, 15) is 4.79 Å². The molecule has 0 bridgehead atoms. The highest BCUT2D eigenvalue weighted by atomic mass is 16.5. The van der Waals surface area contributed by atoms with Gasteiger partial charge in [-0.2, -0.15) is 5.26 Å². The molecule has 76 valence electrons. The Labute approximate surface area is 87.7 Å². The van der Waals surface area contributed by atoms with Gasteiger partial charge in [-0.1, -0.05) is 0 Å². The number of carbonyl (C=O) groups excluding carboxylic acids is 1. The summed E-state index contributed by atoms with van der Waals surface area (Å²) in [7, 11) is 1.39. The van der Waals surface area contributed by atoms with Crippen molar-refractivity contribution in [1.82, 2.24) is 0 Å². The highest BCUT2D eigenvalue weighted by Gasteiger charge is 2.41. The Kier molecular flexibility index (Phi) is 2.30. The highest BCUT2D eigenvalue weighted by Crippen LogP contribution is 2.28. The predicted octanol–water partition coefficient (Wildman–Crippen LogP) is 0.920. The summed E-state index contributed by atoms with van der Waals surface area (Å²) in [6.45, 7) is 0.693.